The number of hydrogen-bond donors (Lipinski definition) is 1. The summed E-state index contributed by atoms with van der Waals surface area (Å²) in [5.74, 6) is -0.437. The van der Waals surface area contributed by atoms with Crippen molar-refractivity contribution in [2.24, 2.45) is 5.92 Å². The van der Waals surface area contributed by atoms with E-state index in [1.54, 1.807) is 31.2 Å². The molecule has 0 aliphatic carbocycles. The van der Waals surface area contributed by atoms with Gasteiger partial charge >= 0.3 is 0 Å². The van der Waals surface area contributed by atoms with E-state index >= 15 is 0 Å². The monoisotopic (exact) mass is 599 g/mol. The van der Waals surface area contributed by atoms with E-state index in [9.17, 15) is 18.0 Å². The molecule has 3 aromatic rings. The van der Waals surface area contributed by atoms with Gasteiger partial charge in [0.05, 0.1) is 17.7 Å². The molecule has 0 saturated heterocycles. The second-order valence-electron chi connectivity index (χ2n) is 10.5. The Morgan fingerprint density at radius 3 is 2.24 bits per heavy atom. The molecule has 0 fully saturated rings. The molecule has 220 valence electrons. The lowest BCUT2D eigenvalue weighted by molar-refractivity contribution is -0.139. The van der Waals surface area contributed by atoms with Crippen LogP contribution in [-0.4, -0.2) is 51.4 Å². The molecule has 0 radical (unpaired) electrons. The highest BCUT2D eigenvalue weighted by Crippen LogP contribution is 2.35. The van der Waals surface area contributed by atoms with Crippen LogP contribution in [0.4, 0.5) is 5.69 Å². The first-order chi connectivity index (χ1) is 19.3. The zero-order chi connectivity index (χ0) is 30.3. The second-order valence-corrected chi connectivity index (χ2v) is 12.8. The van der Waals surface area contributed by atoms with E-state index in [1.807, 2.05) is 52.0 Å². The molecule has 3 rings (SSSR count). The molecule has 1 atom stereocenters. The van der Waals surface area contributed by atoms with Crippen LogP contribution in [0.1, 0.15) is 37.5 Å². The van der Waals surface area contributed by atoms with Crippen LogP contribution in [0.2, 0.25) is 5.02 Å². The maximum atomic E-state index is 14.1. The Bertz CT molecular complexity index is 1480. The molecule has 0 unspecified atom stereocenters. The summed E-state index contributed by atoms with van der Waals surface area (Å²) < 4.78 is 34.5. The van der Waals surface area contributed by atoms with Gasteiger partial charge in [0.1, 0.15) is 18.3 Å². The number of anilines is 1. The van der Waals surface area contributed by atoms with Crippen molar-refractivity contribution in [1.82, 2.24) is 10.2 Å². The van der Waals surface area contributed by atoms with Crippen LogP contribution in [0.5, 0.6) is 5.75 Å². The minimum atomic E-state index is -4.25. The number of aryl methyl sites for hydroxylation is 2. The minimum Gasteiger partial charge on any atom is -0.495 e. The Balaban J connectivity index is 2.08. The molecule has 0 aromatic heterocycles. The van der Waals surface area contributed by atoms with Crippen LogP contribution in [0.25, 0.3) is 0 Å². The number of benzene rings is 3. The van der Waals surface area contributed by atoms with E-state index < -0.39 is 28.5 Å². The topological polar surface area (TPSA) is 96.0 Å². The first-order valence-corrected chi connectivity index (χ1v) is 15.2. The lowest BCUT2D eigenvalue weighted by Gasteiger charge is -2.32. The third-order valence-corrected chi connectivity index (χ3v) is 8.59. The van der Waals surface area contributed by atoms with Gasteiger partial charge in [-0.25, -0.2) is 8.42 Å². The number of amides is 2. The normalized spacial score (nSPS) is 12.1. The molecule has 1 N–H and O–H groups in total. The van der Waals surface area contributed by atoms with Gasteiger partial charge in [-0.3, -0.25) is 13.9 Å². The van der Waals surface area contributed by atoms with Crippen molar-refractivity contribution in [1.29, 1.82) is 0 Å². The van der Waals surface area contributed by atoms with Crippen LogP contribution in [0.15, 0.2) is 71.6 Å². The first-order valence-electron chi connectivity index (χ1n) is 13.4. The Morgan fingerprint density at radius 2 is 1.63 bits per heavy atom. The Labute approximate surface area is 248 Å². The molecule has 0 spiro atoms. The molecule has 0 aliphatic heterocycles. The van der Waals surface area contributed by atoms with E-state index in [4.69, 9.17) is 16.3 Å². The van der Waals surface area contributed by atoms with E-state index in [0.29, 0.717) is 6.54 Å². The van der Waals surface area contributed by atoms with E-state index in [-0.39, 0.29) is 39.7 Å². The summed E-state index contributed by atoms with van der Waals surface area (Å²) in [6.45, 7) is 9.37. The maximum Gasteiger partial charge on any atom is 0.264 e. The number of nitrogens with zero attached hydrogens (tertiary/aromatic N) is 2. The van der Waals surface area contributed by atoms with E-state index in [2.05, 4.69) is 5.32 Å². The van der Waals surface area contributed by atoms with Gasteiger partial charge in [-0.15, -0.1) is 0 Å². The predicted molar refractivity (Wildman–Crippen MR) is 163 cm³/mol. The maximum absolute atomic E-state index is 14.1. The number of carbonyl (C=O) groups excluding carboxylic acids is 2. The fourth-order valence-electron chi connectivity index (χ4n) is 4.25. The Morgan fingerprint density at radius 1 is 0.951 bits per heavy atom. The standard InChI is InChI=1S/C31H38ClN3O5S/c1-21(2)18-33-31(37)24(5)34(19-25-9-7-8-23(4)16-25)30(36)20-35(28-17-26(32)12-15-29(28)40-6)41(38,39)27-13-10-22(3)11-14-27/h7-17,21,24H,18-20H2,1-6H3,(H,33,37)/t24-/m0/s1. The quantitative estimate of drug-likeness (QED) is 0.303. The van der Waals surface area contributed by atoms with Crippen LogP contribution in [0, 0.1) is 19.8 Å². The van der Waals surface area contributed by atoms with Gasteiger partial charge < -0.3 is 15.0 Å². The Hall–Kier alpha value is -3.56. The molecule has 10 heteroatoms. The number of sulfonamides is 1. The summed E-state index contributed by atoms with van der Waals surface area (Å²) in [6, 6.07) is 17.7. The van der Waals surface area contributed by atoms with E-state index in [0.717, 1.165) is 21.0 Å². The molecule has 0 bridgehead atoms. The summed E-state index contributed by atoms with van der Waals surface area (Å²) in [6.07, 6.45) is 0. The zero-order valence-corrected chi connectivity index (χ0v) is 25.9. The summed E-state index contributed by atoms with van der Waals surface area (Å²) in [5.41, 5.74) is 2.81. The van der Waals surface area contributed by atoms with Crippen molar-refractivity contribution < 1.29 is 22.7 Å². The first kappa shape index (κ1) is 32.0. The average Bonchev–Trinajstić information content (AvgIpc) is 2.93. The van der Waals surface area contributed by atoms with E-state index in [1.165, 1.54) is 30.2 Å². The van der Waals surface area contributed by atoms with Crippen LogP contribution in [0.3, 0.4) is 0 Å². The molecular formula is C31H38ClN3O5S. The Kier molecular flexibility index (Phi) is 10.8. The lowest BCUT2D eigenvalue weighted by atomic mass is 10.1. The van der Waals surface area contributed by atoms with Crippen molar-refractivity contribution in [3.63, 3.8) is 0 Å². The van der Waals surface area contributed by atoms with Crippen LogP contribution in [-0.2, 0) is 26.2 Å². The van der Waals surface area contributed by atoms with Crippen molar-refractivity contribution in [2.45, 2.75) is 52.1 Å². The van der Waals surface area contributed by atoms with Gasteiger partial charge in [-0.05, 0) is 62.6 Å². The van der Waals surface area contributed by atoms with Gasteiger partial charge in [-0.2, -0.15) is 0 Å². The van der Waals surface area contributed by atoms with Gasteiger partial charge in [0, 0.05) is 18.1 Å². The van der Waals surface area contributed by atoms with Crippen molar-refractivity contribution in [2.75, 3.05) is 24.5 Å². The minimum absolute atomic E-state index is 0.00545. The number of ether oxygens (including phenoxy) is 1. The number of carbonyl (C=O) groups is 2. The molecule has 41 heavy (non-hydrogen) atoms. The van der Waals surface area contributed by atoms with Gasteiger partial charge in [0.15, 0.2) is 0 Å². The highest BCUT2D eigenvalue weighted by atomic mass is 35.5. The third-order valence-electron chi connectivity index (χ3n) is 6.58. The molecule has 8 nitrogen and oxygen atoms in total. The molecule has 0 aliphatic rings. The number of hydrogen-bond acceptors (Lipinski definition) is 5. The third kappa shape index (κ3) is 8.24. The summed E-state index contributed by atoms with van der Waals surface area (Å²) in [4.78, 5) is 28.6. The SMILES string of the molecule is COc1ccc(Cl)cc1N(CC(=O)N(Cc1cccc(C)c1)[C@@H](C)C(=O)NCC(C)C)S(=O)(=O)c1ccc(C)cc1. The van der Waals surface area contributed by atoms with Crippen molar-refractivity contribution in [3.05, 3.63) is 88.4 Å². The second kappa shape index (κ2) is 13.9. The fraction of sp³-hybridized carbons (Fsp3) is 0.355. The van der Waals surface area contributed by atoms with Gasteiger partial charge in [0.25, 0.3) is 10.0 Å². The fourth-order valence-corrected chi connectivity index (χ4v) is 5.83. The number of methoxy groups -OCH3 is 1. The molecule has 0 saturated carbocycles. The van der Waals surface area contributed by atoms with Crippen molar-refractivity contribution >= 4 is 39.1 Å². The van der Waals surface area contributed by atoms with Crippen molar-refractivity contribution in [3.8, 4) is 5.75 Å². The largest absolute Gasteiger partial charge is 0.495 e. The van der Waals surface area contributed by atoms with Gasteiger partial charge in [-0.1, -0.05) is 73.0 Å². The summed E-state index contributed by atoms with van der Waals surface area (Å²) >= 11 is 6.28. The molecular weight excluding hydrogens is 562 g/mol. The number of rotatable bonds is 12. The molecule has 0 heterocycles. The average molecular weight is 600 g/mol. The predicted octanol–water partition coefficient (Wildman–Crippen LogP) is 5.35. The summed E-state index contributed by atoms with van der Waals surface area (Å²) in [7, 11) is -2.84. The van der Waals surface area contributed by atoms with Crippen LogP contribution >= 0.6 is 11.6 Å². The number of halogens is 1. The lowest BCUT2D eigenvalue weighted by Crippen LogP contribution is -2.51. The molecule has 3 aromatic carbocycles. The smallest absolute Gasteiger partial charge is 0.264 e. The molecule has 2 amide bonds. The zero-order valence-electron chi connectivity index (χ0n) is 24.3. The summed E-state index contributed by atoms with van der Waals surface area (Å²) in [5, 5.41) is 3.16. The highest BCUT2D eigenvalue weighted by Gasteiger charge is 2.34. The van der Waals surface area contributed by atoms with Crippen LogP contribution < -0.4 is 14.4 Å². The van der Waals surface area contributed by atoms with Gasteiger partial charge in [0.2, 0.25) is 11.8 Å². The highest BCUT2D eigenvalue weighted by molar-refractivity contribution is 7.92. The number of nitrogens with one attached hydrogen (secondary N) is 1.